The number of piperidine rings is 1. The number of hydrogen-bond acceptors (Lipinski definition) is 3. The maximum absolute atomic E-state index is 12.6. The molecule has 0 aromatic heterocycles. The zero-order valence-electron chi connectivity index (χ0n) is 11.3. The van der Waals surface area contributed by atoms with Crippen LogP contribution in [-0.4, -0.2) is 53.3 Å². The summed E-state index contributed by atoms with van der Waals surface area (Å²) in [4.78, 5) is 10.8. The quantitative estimate of drug-likeness (QED) is 0.839. The molecule has 0 aromatic carbocycles. The van der Waals surface area contributed by atoms with Gasteiger partial charge in [-0.05, 0) is 32.6 Å². The van der Waals surface area contributed by atoms with Gasteiger partial charge in [-0.15, -0.1) is 0 Å². The maximum Gasteiger partial charge on any atom is 0.304 e. The minimum atomic E-state index is -3.50. The molecule has 2 fully saturated rings. The molecule has 6 nitrogen and oxygen atoms in total. The molecule has 0 aromatic rings. The first-order valence-corrected chi connectivity index (χ1v) is 8.33. The van der Waals surface area contributed by atoms with Gasteiger partial charge in [0.05, 0.1) is 6.42 Å². The first-order valence-electron chi connectivity index (χ1n) is 6.93. The van der Waals surface area contributed by atoms with Gasteiger partial charge in [-0.1, -0.05) is 6.42 Å². The molecule has 0 aliphatic carbocycles. The van der Waals surface area contributed by atoms with Crippen molar-refractivity contribution in [3.63, 3.8) is 0 Å². The summed E-state index contributed by atoms with van der Waals surface area (Å²) in [5, 5.41) is 8.88. The van der Waals surface area contributed by atoms with Gasteiger partial charge >= 0.3 is 5.97 Å². The highest BCUT2D eigenvalue weighted by Gasteiger charge is 2.41. The number of rotatable bonds is 4. The standard InChI is InChI=1S/C12H22N2O4S/c1-10-5-2-3-7-13(10)19(17,18)14-8-4-6-11(14)9-12(15)16/h10-11H,2-9H2,1H3,(H,15,16). The van der Waals surface area contributed by atoms with Gasteiger partial charge in [0.1, 0.15) is 0 Å². The first-order chi connectivity index (χ1) is 8.93. The Morgan fingerprint density at radius 1 is 1.16 bits per heavy atom. The molecule has 0 bridgehead atoms. The predicted octanol–water partition coefficient (Wildman–Crippen LogP) is 1.04. The largest absolute Gasteiger partial charge is 0.481 e. The van der Waals surface area contributed by atoms with Crippen LogP contribution in [0, 0.1) is 0 Å². The number of aliphatic carboxylic acids is 1. The van der Waals surface area contributed by atoms with Gasteiger partial charge in [-0.3, -0.25) is 4.79 Å². The minimum absolute atomic E-state index is 0.0184. The second-order valence-electron chi connectivity index (χ2n) is 5.47. The molecule has 2 unspecified atom stereocenters. The summed E-state index contributed by atoms with van der Waals surface area (Å²) in [6, 6.07) is -0.360. The smallest absolute Gasteiger partial charge is 0.304 e. The van der Waals surface area contributed by atoms with Crippen molar-refractivity contribution in [3.05, 3.63) is 0 Å². The molecule has 2 heterocycles. The molecule has 7 heteroatoms. The van der Waals surface area contributed by atoms with Crippen molar-refractivity contribution < 1.29 is 18.3 Å². The van der Waals surface area contributed by atoms with Crippen LogP contribution in [0.4, 0.5) is 0 Å². The fourth-order valence-electron chi connectivity index (χ4n) is 3.07. The lowest BCUT2D eigenvalue weighted by molar-refractivity contribution is -0.137. The normalized spacial score (nSPS) is 30.6. The van der Waals surface area contributed by atoms with Crippen molar-refractivity contribution in [1.29, 1.82) is 0 Å². The summed E-state index contributed by atoms with van der Waals surface area (Å²) in [5.74, 6) is -0.932. The van der Waals surface area contributed by atoms with Crippen LogP contribution >= 0.6 is 0 Å². The van der Waals surface area contributed by atoms with E-state index >= 15 is 0 Å². The van der Waals surface area contributed by atoms with Crippen LogP contribution in [0.1, 0.15) is 45.4 Å². The van der Waals surface area contributed by atoms with Crippen LogP contribution in [-0.2, 0) is 15.0 Å². The Bertz CT molecular complexity index is 437. The molecule has 0 radical (unpaired) electrons. The number of carboxylic acid groups (broad SMARTS) is 1. The van der Waals surface area contributed by atoms with E-state index in [0.29, 0.717) is 19.5 Å². The third-order valence-corrected chi connectivity index (χ3v) is 6.28. The third-order valence-electron chi connectivity index (χ3n) is 4.07. The molecule has 1 N–H and O–H groups in total. The van der Waals surface area contributed by atoms with Crippen LogP contribution in [0.3, 0.4) is 0 Å². The monoisotopic (exact) mass is 290 g/mol. The van der Waals surface area contributed by atoms with Crippen LogP contribution in [0.25, 0.3) is 0 Å². The summed E-state index contributed by atoms with van der Waals surface area (Å²) in [5.41, 5.74) is 0. The Labute approximate surface area is 114 Å². The average molecular weight is 290 g/mol. The molecule has 2 saturated heterocycles. The molecule has 2 aliphatic heterocycles. The molecule has 2 rings (SSSR count). The van der Waals surface area contributed by atoms with E-state index in [1.54, 1.807) is 4.31 Å². The summed E-state index contributed by atoms with van der Waals surface area (Å²) < 4.78 is 28.3. The van der Waals surface area contributed by atoms with Crippen molar-refractivity contribution in [2.24, 2.45) is 0 Å². The molecule has 0 spiro atoms. The summed E-state index contributed by atoms with van der Waals surface area (Å²) in [6.07, 6.45) is 4.14. The lowest BCUT2D eigenvalue weighted by Crippen LogP contribution is -2.51. The number of carboxylic acids is 1. The van der Waals surface area contributed by atoms with Gasteiger partial charge in [0.15, 0.2) is 0 Å². The van der Waals surface area contributed by atoms with Gasteiger partial charge < -0.3 is 5.11 Å². The van der Waals surface area contributed by atoms with E-state index in [1.807, 2.05) is 6.92 Å². The fourth-order valence-corrected chi connectivity index (χ4v) is 5.17. The predicted molar refractivity (Wildman–Crippen MR) is 70.9 cm³/mol. The topological polar surface area (TPSA) is 77.9 Å². The summed E-state index contributed by atoms with van der Waals surface area (Å²) >= 11 is 0. The Morgan fingerprint density at radius 2 is 1.84 bits per heavy atom. The Hall–Kier alpha value is -0.660. The van der Waals surface area contributed by atoms with Crippen molar-refractivity contribution in [2.45, 2.75) is 57.5 Å². The minimum Gasteiger partial charge on any atom is -0.481 e. The van der Waals surface area contributed by atoms with E-state index in [0.717, 1.165) is 25.7 Å². The second-order valence-corrected chi connectivity index (χ2v) is 7.30. The van der Waals surface area contributed by atoms with Crippen LogP contribution in [0.2, 0.25) is 0 Å². The highest BCUT2D eigenvalue weighted by molar-refractivity contribution is 7.86. The summed E-state index contributed by atoms with van der Waals surface area (Å²) in [6.45, 7) is 2.93. The zero-order chi connectivity index (χ0) is 14.0. The summed E-state index contributed by atoms with van der Waals surface area (Å²) in [7, 11) is -3.50. The van der Waals surface area contributed by atoms with Gasteiger partial charge in [-0.25, -0.2) is 0 Å². The first kappa shape index (κ1) is 14.7. The van der Waals surface area contributed by atoms with E-state index in [2.05, 4.69) is 0 Å². The molecule has 0 saturated carbocycles. The molecular formula is C12H22N2O4S. The molecule has 19 heavy (non-hydrogen) atoms. The molecule has 0 amide bonds. The number of hydrogen-bond donors (Lipinski definition) is 1. The fraction of sp³-hybridized carbons (Fsp3) is 0.917. The number of carbonyl (C=O) groups is 1. The molecule has 110 valence electrons. The van der Waals surface area contributed by atoms with Crippen LogP contribution < -0.4 is 0 Å². The molecular weight excluding hydrogens is 268 g/mol. The Kier molecular flexibility index (Phi) is 4.47. The van der Waals surface area contributed by atoms with E-state index < -0.39 is 16.2 Å². The zero-order valence-corrected chi connectivity index (χ0v) is 12.1. The second kappa shape index (κ2) is 5.76. The molecule has 2 aliphatic rings. The van der Waals surface area contributed by atoms with E-state index in [4.69, 9.17) is 5.11 Å². The lowest BCUT2D eigenvalue weighted by atomic mass is 10.1. The van der Waals surface area contributed by atoms with Crippen LogP contribution in [0.5, 0.6) is 0 Å². The van der Waals surface area contributed by atoms with Crippen molar-refractivity contribution in [2.75, 3.05) is 13.1 Å². The Morgan fingerprint density at radius 3 is 2.47 bits per heavy atom. The van der Waals surface area contributed by atoms with E-state index in [9.17, 15) is 13.2 Å². The Balaban J connectivity index is 2.15. The van der Waals surface area contributed by atoms with E-state index in [1.165, 1.54) is 4.31 Å². The lowest BCUT2D eigenvalue weighted by Gasteiger charge is -2.36. The number of nitrogens with zero attached hydrogens (tertiary/aromatic N) is 2. The molecule has 2 atom stereocenters. The third kappa shape index (κ3) is 3.09. The highest BCUT2D eigenvalue weighted by Crippen LogP contribution is 2.29. The van der Waals surface area contributed by atoms with Crippen molar-refractivity contribution in [1.82, 2.24) is 8.61 Å². The van der Waals surface area contributed by atoms with Crippen molar-refractivity contribution >= 4 is 16.2 Å². The SMILES string of the molecule is CC1CCCCN1S(=O)(=O)N1CCCC1CC(=O)O. The van der Waals surface area contributed by atoms with Gasteiger partial charge in [0, 0.05) is 25.2 Å². The maximum atomic E-state index is 12.6. The van der Waals surface area contributed by atoms with Gasteiger partial charge in [0.2, 0.25) is 0 Å². The van der Waals surface area contributed by atoms with Gasteiger partial charge in [0.25, 0.3) is 10.2 Å². The highest BCUT2D eigenvalue weighted by atomic mass is 32.2. The van der Waals surface area contributed by atoms with E-state index in [-0.39, 0.29) is 18.5 Å². The average Bonchev–Trinajstić information content (AvgIpc) is 2.77. The van der Waals surface area contributed by atoms with Crippen LogP contribution in [0.15, 0.2) is 0 Å². The van der Waals surface area contributed by atoms with Gasteiger partial charge in [-0.2, -0.15) is 17.0 Å². The van der Waals surface area contributed by atoms with Crippen molar-refractivity contribution in [3.8, 4) is 0 Å².